The Bertz CT molecular complexity index is 542. The number of nitrogens with one attached hydrogen (secondary N) is 2. The van der Waals surface area contributed by atoms with E-state index in [0.29, 0.717) is 5.82 Å². The molecule has 1 atom stereocenters. The lowest BCUT2D eigenvalue weighted by molar-refractivity contribution is -0.137. The van der Waals surface area contributed by atoms with Crippen LogP contribution in [0.2, 0.25) is 0 Å². The number of carbonyl (C=O) groups excluding carboxylic acids is 1. The van der Waals surface area contributed by atoms with E-state index in [0.717, 1.165) is 11.0 Å². The third-order valence-corrected chi connectivity index (χ3v) is 2.49. The largest absolute Gasteiger partial charge is 0.481 e. The molecule has 0 fully saturated rings. The summed E-state index contributed by atoms with van der Waals surface area (Å²) in [5, 5.41) is 11.4. The van der Waals surface area contributed by atoms with Gasteiger partial charge in [0.05, 0.1) is 23.5 Å². The average Bonchev–Trinajstić information content (AvgIpc) is 2.70. The van der Waals surface area contributed by atoms with E-state index < -0.39 is 12.0 Å². The Morgan fingerprint density at radius 1 is 1.44 bits per heavy atom. The first-order chi connectivity index (χ1) is 8.56. The van der Waals surface area contributed by atoms with Gasteiger partial charge in [-0.05, 0) is 12.1 Å². The smallest absolute Gasteiger partial charge is 0.305 e. The van der Waals surface area contributed by atoms with Crippen molar-refractivity contribution in [1.29, 1.82) is 0 Å². The van der Waals surface area contributed by atoms with Gasteiger partial charge in [0.15, 0.2) is 0 Å². The molecule has 6 heteroatoms. The van der Waals surface area contributed by atoms with Gasteiger partial charge in [-0.15, -0.1) is 0 Å². The number of imidazole rings is 1. The molecule has 3 N–H and O–H groups in total. The lowest BCUT2D eigenvalue weighted by atomic mass is 10.2. The molecule has 0 bridgehead atoms. The molecule has 18 heavy (non-hydrogen) atoms. The van der Waals surface area contributed by atoms with Crippen molar-refractivity contribution in [2.75, 3.05) is 0 Å². The van der Waals surface area contributed by atoms with Crippen LogP contribution >= 0.6 is 0 Å². The summed E-state index contributed by atoms with van der Waals surface area (Å²) in [7, 11) is 0. The summed E-state index contributed by atoms with van der Waals surface area (Å²) in [6, 6.07) is 6.72. The fourth-order valence-corrected chi connectivity index (χ4v) is 1.77. The Morgan fingerprint density at radius 3 is 2.78 bits per heavy atom. The number of aromatic amines is 1. The maximum absolute atomic E-state index is 11.1. The Morgan fingerprint density at radius 2 is 2.17 bits per heavy atom. The molecular weight excluding hydrogens is 234 g/mol. The highest BCUT2D eigenvalue weighted by molar-refractivity contribution is 5.77. The quantitative estimate of drug-likeness (QED) is 0.756. The SMILES string of the molecule is CC(=O)NC(CC(=O)O)c1nc2ccccc2[nH]1. The van der Waals surface area contributed by atoms with Crippen molar-refractivity contribution in [3.63, 3.8) is 0 Å². The number of amides is 1. The van der Waals surface area contributed by atoms with Crippen molar-refractivity contribution in [1.82, 2.24) is 15.3 Å². The minimum absolute atomic E-state index is 0.209. The van der Waals surface area contributed by atoms with E-state index in [-0.39, 0.29) is 12.3 Å². The van der Waals surface area contributed by atoms with E-state index in [9.17, 15) is 9.59 Å². The molecule has 2 aromatic rings. The Hall–Kier alpha value is -2.37. The molecule has 0 radical (unpaired) electrons. The summed E-state index contributed by atoms with van der Waals surface area (Å²) in [5.74, 6) is -0.829. The standard InChI is InChI=1S/C12H13N3O3/c1-7(16)13-10(6-11(17)18)12-14-8-4-2-3-5-9(8)15-12/h2-5,10H,6H2,1H3,(H,13,16)(H,14,15)(H,17,18). The molecule has 0 spiro atoms. The number of rotatable bonds is 4. The third kappa shape index (κ3) is 2.65. The highest BCUT2D eigenvalue weighted by Crippen LogP contribution is 2.18. The number of aromatic nitrogens is 2. The summed E-state index contributed by atoms with van der Waals surface area (Å²) in [6.45, 7) is 1.34. The van der Waals surface area contributed by atoms with Crippen molar-refractivity contribution < 1.29 is 14.7 Å². The fourth-order valence-electron chi connectivity index (χ4n) is 1.77. The first-order valence-electron chi connectivity index (χ1n) is 5.50. The van der Waals surface area contributed by atoms with Crippen molar-refractivity contribution in [3.05, 3.63) is 30.1 Å². The number of fused-ring (bicyclic) bond motifs is 1. The average molecular weight is 247 g/mol. The fraction of sp³-hybridized carbons (Fsp3) is 0.250. The van der Waals surface area contributed by atoms with E-state index >= 15 is 0 Å². The Kier molecular flexibility index (Phi) is 3.27. The van der Waals surface area contributed by atoms with Crippen LogP contribution in [0.4, 0.5) is 0 Å². The number of carbonyl (C=O) groups is 2. The highest BCUT2D eigenvalue weighted by atomic mass is 16.4. The number of H-pyrrole nitrogens is 1. The molecule has 6 nitrogen and oxygen atoms in total. The van der Waals surface area contributed by atoms with Crippen molar-refractivity contribution in [2.45, 2.75) is 19.4 Å². The number of carboxylic acids is 1. The zero-order chi connectivity index (χ0) is 13.1. The number of aliphatic carboxylic acids is 1. The minimum Gasteiger partial charge on any atom is -0.481 e. The third-order valence-electron chi connectivity index (χ3n) is 2.49. The second-order valence-electron chi connectivity index (χ2n) is 3.99. The van der Waals surface area contributed by atoms with Crippen LogP contribution in [0.3, 0.4) is 0 Å². The summed E-state index contributed by atoms with van der Waals surface area (Å²) in [5.41, 5.74) is 1.56. The Labute approximate surface area is 103 Å². The molecule has 1 aromatic heterocycles. The van der Waals surface area contributed by atoms with Crippen LogP contribution in [0.5, 0.6) is 0 Å². The maximum atomic E-state index is 11.1. The van der Waals surface area contributed by atoms with Crippen LogP contribution in [0.25, 0.3) is 11.0 Å². The molecule has 0 aliphatic rings. The van der Waals surface area contributed by atoms with Crippen LogP contribution in [-0.4, -0.2) is 27.0 Å². The number of carboxylic acid groups (broad SMARTS) is 1. The van der Waals surface area contributed by atoms with E-state index in [1.807, 2.05) is 24.3 Å². The number of hydrogen-bond donors (Lipinski definition) is 3. The number of para-hydroxylation sites is 2. The van der Waals surface area contributed by atoms with Crippen LogP contribution in [-0.2, 0) is 9.59 Å². The number of nitrogens with zero attached hydrogens (tertiary/aromatic N) is 1. The second-order valence-corrected chi connectivity index (χ2v) is 3.99. The van der Waals surface area contributed by atoms with Crippen LogP contribution in [0.1, 0.15) is 25.2 Å². The van der Waals surface area contributed by atoms with Gasteiger partial charge in [0, 0.05) is 6.92 Å². The van der Waals surface area contributed by atoms with Gasteiger partial charge >= 0.3 is 5.97 Å². The van der Waals surface area contributed by atoms with Gasteiger partial charge < -0.3 is 15.4 Å². The predicted molar refractivity (Wildman–Crippen MR) is 64.9 cm³/mol. The first kappa shape index (κ1) is 12.1. The molecule has 0 saturated carbocycles. The van der Waals surface area contributed by atoms with Gasteiger partial charge in [-0.2, -0.15) is 0 Å². The molecule has 1 aromatic carbocycles. The van der Waals surface area contributed by atoms with Crippen molar-refractivity contribution >= 4 is 22.9 Å². The summed E-state index contributed by atoms with van der Waals surface area (Å²) in [4.78, 5) is 29.2. The van der Waals surface area contributed by atoms with Crippen LogP contribution in [0.15, 0.2) is 24.3 Å². The minimum atomic E-state index is -0.991. The van der Waals surface area contributed by atoms with E-state index in [1.54, 1.807) is 0 Å². The highest BCUT2D eigenvalue weighted by Gasteiger charge is 2.19. The van der Waals surface area contributed by atoms with E-state index in [2.05, 4.69) is 15.3 Å². The molecular formula is C12H13N3O3. The summed E-state index contributed by atoms with van der Waals surface area (Å²) < 4.78 is 0. The molecule has 0 aliphatic carbocycles. The number of benzene rings is 1. The van der Waals surface area contributed by atoms with Gasteiger partial charge in [0.1, 0.15) is 5.82 Å². The molecule has 2 rings (SSSR count). The molecule has 94 valence electrons. The zero-order valence-electron chi connectivity index (χ0n) is 9.80. The normalized spacial score (nSPS) is 12.3. The monoisotopic (exact) mass is 247 g/mol. The van der Waals surface area contributed by atoms with Gasteiger partial charge in [-0.3, -0.25) is 9.59 Å². The van der Waals surface area contributed by atoms with Gasteiger partial charge in [-0.1, -0.05) is 12.1 Å². The van der Waals surface area contributed by atoms with Crippen LogP contribution in [0, 0.1) is 0 Å². The summed E-state index contributed by atoms with van der Waals surface area (Å²) >= 11 is 0. The molecule has 0 aliphatic heterocycles. The van der Waals surface area contributed by atoms with Gasteiger partial charge in [0.2, 0.25) is 5.91 Å². The lowest BCUT2D eigenvalue weighted by Crippen LogP contribution is -2.28. The maximum Gasteiger partial charge on any atom is 0.305 e. The summed E-state index contributed by atoms with van der Waals surface area (Å²) in [6.07, 6.45) is -0.209. The van der Waals surface area contributed by atoms with Gasteiger partial charge in [0.25, 0.3) is 0 Å². The predicted octanol–water partition coefficient (Wildman–Crippen LogP) is 1.21. The molecule has 0 saturated heterocycles. The topological polar surface area (TPSA) is 95.1 Å². The van der Waals surface area contributed by atoms with E-state index in [4.69, 9.17) is 5.11 Å². The molecule has 1 unspecified atom stereocenters. The Balaban J connectivity index is 2.33. The van der Waals surface area contributed by atoms with Crippen molar-refractivity contribution in [2.24, 2.45) is 0 Å². The van der Waals surface area contributed by atoms with Crippen molar-refractivity contribution in [3.8, 4) is 0 Å². The van der Waals surface area contributed by atoms with Gasteiger partial charge in [-0.25, -0.2) is 4.98 Å². The molecule has 1 heterocycles. The lowest BCUT2D eigenvalue weighted by Gasteiger charge is -2.12. The zero-order valence-corrected chi connectivity index (χ0v) is 9.80. The first-order valence-corrected chi connectivity index (χ1v) is 5.50. The molecule has 1 amide bonds. The van der Waals surface area contributed by atoms with E-state index in [1.165, 1.54) is 6.92 Å². The number of hydrogen-bond acceptors (Lipinski definition) is 3. The second kappa shape index (κ2) is 4.87. The van der Waals surface area contributed by atoms with Crippen LogP contribution < -0.4 is 5.32 Å².